The largest absolute Gasteiger partial charge is 0.251 e. The van der Waals surface area contributed by atoms with Crippen molar-refractivity contribution in [3.05, 3.63) is 11.9 Å². The molecule has 13 heavy (non-hydrogen) atoms. The van der Waals surface area contributed by atoms with E-state index in [0.717, 1.165) is 23.7 Å². The molecule has 74 valence electrons. The van der Waals surface area contributed by atoms with Crippen molar-refractivity contribution in [1.82, 2.24) is 15.0 Å². The van der Waals surface area contributed by atoms with E-state index in [4.69, 9.17) is 0 Å². The Kier molecular flexibility index (Phi) is 4.80. The maximum atomic E-state index is 4.05. The van der Waals surface area contributed by atoms with Gasteiger partial charge in [0.15, 0.2) is 0 Å². The van der Waals surface area contributed by atoms with Gasteiger partial charge >= 0.3 is 0 Å². The number of thioether (sulfide) groups is 1. The molecule has 0 N–H and O–H groups in total. The third-order valence-corrected chi connectivity index (χ3v) is 2.98. The van der Waals surface area contributed by atoms with Gasteiger partial charge in [0, 0.05) is 11.9 Å². The molecule has 3 nitrogen and oxygen atoms in total. The van der Waals surface area contributed by atoms with Crippen LogP contribution in [0, 0.1) is 0 Å². The molecule has 0 aliphatic heterocycles. The zero-order valence-corrected chi connectivity index (χ0v) is 10.3. The molecule has 1 rings (SSSR count). The van der Waals surface area contributed by atoms with Gasteiger partial charge in [-0.2, -0.15) is 11.8 Å². The van der Waals surface area contributed by atoms with E-state index in [2.05, 4.69) is 40.1 Å². The van der Waals surface area contributed by atoms with Gasteiger partial charge in [0.2, 0.25) is 0 Å². The van der Waals surface area contributed by atoms with E-state index in [-0.39, 0.29) is 0 Å². The molecule has 0 saturated carbocycles. The highest BCUT2D eigenvalue weighted by atomic mass is 79.9. The fourth-order valence-electron chi connectivity index (χ4n) is 0.907. The summed E-state index contributed by atoms with van der Waals surface area (Å²) in [5, 5.41) is 8.08. The Labute approximate surface area is 91.4 Å². The third-order valence-electron chi connectivity index (χ3n) is 1.63. The fraction of sp³-hybridized carbons (Fsp3) is 0.750. The monoisotopic (exact) mass is 263 g/mol. The molecule has 1 unspecified atom stereocenters. The molecule has 0 aliphatic rings. The van der Waals surface area contributed by atoms with E-state index >= 15 is 0 Å². The summed E-state index contributed by atoms with van der Waals surface area (Å²) in [6.45, 7) is 5.17. The minimum absolute atomic E-state index is 0.292. The molecule has 0 spiro atoms. The van der Waals surface area contributed by atoms with Crippen molar-refractivity contribution in [1.29, 1.82) is 0 Å². The topological polar surface area (TPSA) is 30.7 Å². The van der Waals surface area contributed by atoms with Crippen LogP contribution in [0.5, 0.6) is 0 Å². The predicted molar refractivity (Wildman–Crippen MR) is 60.4 cm³/mol. The Morgan fingerprint density at radius 1 is 1.69 bits per heavy atom. The summed E-state index contributed by atoms with van der Waals surface area (Å²) in [6.07, 6.45) is 2.00. The maximum absolute atomic E-state index is 4.05. The fourth-order valence-corrected chi connectivity index (χ4v) is 1.72. The van der Waals surface area contributed by atoms with Crippen LogP contribution < -0.4 is 0 Å². The van der Waals surface area contributed by atoms with Crippen molar-refractivity contribution in [3.8, 4) is 0 Å². The second-order valence-electron chi connectivity index (χ2n) is 2.72. The van der Waals surface area contributed by atoms with Crippen molar-refractivity contribution >= 4 is 27.7 Å². The van der Waals surface area contributed by atoms with Crippen molar-refractivity contribution in [2.75, 3.05) is 11.5 Å². The molecule has 0 saturated heterocycles. The van der Waals surface area contributed by atoms with Gasteiger partial charge < -0.3 is 0 Å². The zero-order chi connectivity index (χ0) is 9.68. The molecule has 0 aliphatic carbocycles. The lowest BCUT2D eigenvalue weighted by atomic mass is 10.4. The van der Waals surface area contributed by atoms with Gasteiger partial charge in [0.25, 0.3) is 0 Å². The average Bonchev–Trinajstić information content (AvgIpc) is 2.53. The van der Waals surface area contributed by atoms with E-state index in [0.29, 0.717) is 4.83 Å². The van der Waals surface area contributed by atoms with Crippen LogP contribution in [0.1, 0.15) is 24.4 Å². The highest BCUT2D eigenvalue weighted by molar-refractivity contribution is 9.09. The summed E-state index contributed by atoms with van der Waals surface area (Å²) < 4.78 is 1.90. The lowest BCUT2D eigenvalue weighted by Crippen LogP contribution is -2.01. The van der Waals surface area contributed by atoms with Crippen molar-refractivity contribution in [2.24, 2.45) is 0 Å². The Balaban J connectivity index is 2.40. The Morgan fingerprint density at radius 3 is 3.00 bits per heavy atom. The first-order valence-corrected chi connectivity index (χ1v) is 6.43. The molecular weight excluding hydrogens is 250 g/mol. The van der Waals surface area contributed by atoms with Crippen LogP contribution in [-0.4, -0.2) is 26.5 Å². The van der Waals surface area contributed by atoms with Crippen LogP contribution in [-0.2, 0) is 6.54 Å². The van der Waals surface area contributed by atoms with E-state index in [1.165, 1.54) is 0 Å². The molecule has 0 aromatic carbocycles. The minimum Gasteiger partial charge on any atom is -0.251 e. The van der Waals surface area contributed by atoms with Gasteiger partial charge in [0.1, 0.15) is 0 Å². The first-order valence-electron chi connectivity index (χ1n) is 4.36. The molecule has 1 aromatic rings. The Bertz CT molecular complexity index is 249. The SMILES string of the molecule is CCSCCn1cc(C(C)Br)nn1. The van der Waals surface area contributed by atoms with Gasteiger partial charge in [0.05, 0.1) is 17.1 Å². The van der Waals surface area contributed by atoms with Crippen LogP contribution >= 0.6 is 27.7 Å². The first-order chi connectivity index (χ1) is 6.24. The molecule has 0 fully saturated rings. The van der Waals surface area contributed by atoms with E-state index < -0.39 is 0 Å². The number of nitrogens with zero attached hydrogens (tertiary/aromatic N) is 3. The average molecular weight is 264 g/mol. The lowest BCUT2D eigenvalue weighted by molar-refractivity contribution is 0.632. The highest BCUT2D eigenvalue weighted by Gasteiger charge is 2.05. The third kappa shape index (κ3) is 3.68. The molecule has 1 heterocycles. The lowest BCUT2D eigenvalue weighted by Gasteiger charge is -1.97. The molecule has 0 radical (unpaired) electrons. The Hall–Kier alpha value is -0.0300. The molecule has 0 bridgehead atoms. The van der Waals surface area contributed by atoms with Gasteiger partial charge in [-0.3, -0.25) is 4.68 Å². The number of halogens is 1. The summed E-state index contributed by atoms with van der Waals surface area (Å²) in [6, 6.07) is 0. The number of rotatable bonds is 5. The maximum Gasteiger partial charge on any atom is 0.0960 e. The van der Waals surface area contributed by atoms with Crippen LogP contribution in [0.2, 0.25) is 0 Å². The van der Waals surface area contributed by atoms with Gasteiger partial charge in [-0.05, 0) is 12.7 Å². The second kappa shape index (κ2) is 5.65. The summed E-state index contributed by atoms with van der Waals surface area (Å²) in [5.41, 5.74) is 1.00. The minimum atomic E-state index is 0.292. The van der Waals surface area contributed by atoms with E-state index in [1.807, 2.05) is 22.6 Å². The standard InChI is InChI=1S/C8H14BrN3S/c1-3-13-5-4-12-6-8(7(2)9)10-11-12/h6-7H,3-5H2,1-2H3. The van der Waals surface area contributed by atoms with Crippen molar-refractivity contribution in [2.45, 2.75) is 25.2 Å². The van der Waals surface area contributed by atoms with Gasteiger partial charge in [-0.1, -0.05) is 28.1 Å². The first kappa shape index (κ1) is 11.0. The Morgan fingerprint density at radius 2 is 2.46 bits per heavy atom. The van der Waals surface area contributed by atoms with Crippen molar-refractivity contribution < 1.29 is 0 Å². The predicted octanol–water partition coefficient (Wildman–Crippen LogP) is 2.49. The van der Waals surface area contributed by atoms with Gasteiger partial charge in [-0.15, -0.1) is 5.10 Å². The van der Waals surface area contributed by atoms with Crippen LogP contribution in [0.25, 0.3) is 0 Å². The summed E-state index contributed by atoms with van der Waals surface area (Å²) in [5.74, 6) is 2.27. The summed E-state index contributed by atoms with van der Waals surface area (Å²) in [7, 11) is 0. The zero-order valence-electron chi connectivity index (χ0n) is 7.90. The summed E-state index contributed by atoms with van der Waals surface area (Å²) in [4.78, 5) is 0.292. The molecule has 5 heteroatoms. The smallest absolute Gasteiger partial charge is 0.0960 e. The van der Waals surface area contributed by atoms with E-state index in [1.54, 1.807) is 0 Å². The molecule has 1 atom stereocenters. The van der Waals surface area contributed by atoms with Crippen molar-refractivity contribution in [3.63, 3.8) is 0 Å². The van der Waals surface area contributed by atoms with E-state index in [9.17, 15) is 0 Å². The second-order valence-corrected chi connectivity index (χ2v) is 5.49. The summed E-state index contributed by atoms with van der Waals surface area (Å²) >= 11 is 5.38. The quantitative estimate of drug-likeness (QED) is 0.604. The number of aromatic nitrogens is 3. The number of aryl methyl sites for hydroxylation is 1. The van der Waals surface area contributed by atoms with Gasteiger partial charge in [-0.25, -0.2) is 0 Å². The normalized spacial score (nSPS) is 13.2. The number of hydrogen-bond donors (Lipinski definition) is 0. The number of alkyl halides is 1. The molecular formula is C8H14BrN3S. The molecule has 0 amide bonds. The highest BCUT2D eigenvalue weighted by Crippen LogP contribution is 2.17. The number of hydrogen-bond acceptors (Lipinski definition) is 3. The van der Waals surface area contributed by atoms with Crippen LogP contribution in [0.4, 0.5) is 0 Å². The van der Waals surface area contributed by atoms with Crippen LogP contribution in [0.3, 0.4) is 0 Å². The molecule has 1 aromatic heterocycles. The van der Waals surface area contributed by atoms with Crippen LogP contribution in [0.15, 0.2) is 6.20 Å².